The maximum atomic E-state index is 12.7. The zero-order chi connectivity index (χ0) is 21.3. The molecule has 1 aromatic heterocycles. The number of ketones is 1. The van der Waals surface area contributed by atoms with Gasteiger partial charge in [0.25, 0.3) is 0 Å². The van der Waals surface area contributed by atoms with Gasteiger partial charge in [0, 0.05) is 23.5 Å². The first-order valence-electron chi connectivity index (χ1n) is 9.47. The molecule has 0 spiro atoms. The van der Waals surface area contributed by atoms with E-state index in [9.17, 15) is 14.7 Å². The van der Waals surface area contributed by atoms with Crippen molar-refractivity contribution in [2.75, 3.05) is 13.4 Å². The standard InChI is InChI=1S/C23H21NO6/c1-14-9-18(20(26)12-28-23(27)17-5-3-4-6-19(17)25)15(2)24(14)11-16-7-8-21-22(10-16)30-13-29-21/h3-10,25H,11-13H2,1-2H3. The van der Waals surface area contributed by atoms with Gasteiger partial charge in [0.1, 0.15) is 11.3 Å². The number of carbonyl (C=O) groups excluding carboxylic acids is 2. The Morgan fingerprint density at radius 2 is 1.80 bits per heavy atom. The van der Waals surface area contributed by atoms with E-state index in [0.29, 0.717) is 17.9 Å². The fraction of sp³-hybridized carbons (Fsp3) is 0.217. The molecule has 30 heavy (non-hydrogen) atoms. The van der Waals surface area contributed by atoms with E-state index in [-0.39, 0.29) is 23.9 Å². The average molecular weight is 407 g/mol. The SMILES string of the molecule is Cc1cc(C(=O)COC(=O)c2ccccc2O)c(C)n1Cc1ccc2c(c1)OCO2. The molecule has 1 aliphatic rings. The van der Waals surface area contributed by atoms with Gasteiger partial charge < -0.3 is 23.9 Å². The summed E-state index contributed by atoms with van der Waals surface area (Å²) in [4.78, 5) is 24.8. The Morgan fingerprint density at radius 1 is 1.03 bits per heavy atom. The first kappa shape index (κ1) is 19.6. The van der Waals surface area contributed by atoms with Crippen LogP contribution in [0.1, 0.15) is 37.7 Å². The highest BCUT2D eigenvalue weighted by atomic mass is 16.7. The summed E-state index contributed by atoms with van der Waals surface area (Å²) < 4.78 is 17.9. The lowest BCUT2D eigenvalue weighted by Gasteiger charge is -2.11. The van der Waals surface area contributed by atoms with E-state index in [1.54, 1.807) is 18.2 Å². The summed E-state index contributed by atoms with van der Waals surface area (Å²) in [6.45, 7) is 4.17. The van der Waals surface area contributed by atoms with Crippen molar-refractivity contribution >= 4 is 11.8 Å². The molecule has 0 saturated carbocycles. The van der Waals surface area contributed by atoms with Crippen molar-refractivity contribution in [2.45, 2.75) is 20.4 Å². The summed E-state index contributed by atoms with van der Waals surface area (Å²) in [6.07, 6.45) is 0. The molecule has 0 saturated heterocycles. The van der Waals surface area contributed by atoms with E-state index in [1.165, 1.54) is 12.1 Å². The maximum Gasteiger partial charge on any atom is 0.342 e. The average Bonchev–Trinajstić information content (AvgIpc) is 3.31. The zero-order valence-corrected chi connectivity index (χ0v) is 16.7. The van der Waals surface area contributed by atoms with Crippen LogP contribution in [0.25, 0.3) is 0 Å². The Kier molecular flexibility index (Phi) is 5.18. The van der Waals surface area contributed by atoms with E-state index >= 15 is 0 Å². The van der Waals surface area contributed by atoms with Gasteiger partial charge in [-0.15, -0.1) is 0 Å². The molecule has 7 nitrogen and oxygen atoms in total. The Hall–Kier alpha value is -3.74. The molecule has 0 radical (unpaired) electrons. The quantitative estimate of drug-likeness (QED) is 0.496. The molecular formula is C23H21NO6. The van der Waals surface area contributed by atoms with Gasteiger partial charge in [0.05, 0.1) is 0 Å². The second-order valence-corrected chi connectivity index (χ2v) is 7.08. The second kappa shape index (κ2) is 7.94. The predicted molar refractivity (Wildman–Crippen MR) is 108 cm³/mol. The van der Waals surface area contributed by atoms with Crippen molar-refractivity contribution in [2.24, 2.45) is 0 Å². The number of hydrogen-bond donors (Lipinski definition) is 1. The van der Waals surface area contributed by atoms with E-state index in [2.05, 4.69) is 0 Å². The molecule has 1 N–H and O–H groups in total. The van der Waals surface area contributed by atoms with Crippen molar-refractivity contribution in [3.8, 4) is 17.2 Å². The highest BCUT2D eigenvalue weighted by molar-refractivity contribution is 6.00. The van der Waals surface area contributed by atoms with Crippen molar-refractivity contribution in [1.29, 1.82) is 0 Å². The molecule has 0 bridgehead atoms. The number of aromatic hydroxyl groups is 1. The first-order valence-corrected chi connectivity index (χ1v) is 9.47. The lowest BCUT2D eigenvalue weighted by molar-refractivity contribution is 0.0471. The molecule has 0 unspecified atom stereocenters. The fourth-order valence-corrected chi connectivity index (χ4v) is 3.48. The van der Waals surface area contributed by atoms with Crippen LogP contribution < -0.4 is 9.47 Å². The molecular weight excluding hydrogens is 386 g/mol. The molecule has 154 valence electrons. The number of fused-ring (bicyclic) bond motifs is 1. The number of para-hydroxylation sites is 1. The van der Waals surface area contributed by atoms with Crippen molar-refractivity contribution < 1.29 is 28.9 Å². The third-order valence-corrected chi connectivity index (χ3v) is 5.11. The largest absolute Gasteiger partial charge is 0.507 e. The van der Waals surface area contributed by atoms with Crippen LogP contribution >= 0.6 is 0 Å². The maximum absolute atomic E-state index is 12.7. The Labute approximate surface area is 173 Å². The summed E-state index contributed by atoms with van der Waals surface area (Å²) in [7, 11) is 0. The summed E-state index contributed by atoms with van der Waals surface area (Å²) in [5.74, 6) is 0.209. The number of benzene rings is 2. The van der Waals surface area contributed by atoms with Gasteiger partial charge in [-0.2, -0.15) is 0 Å². The molecule has 0 atom stereocenters. The summed E-state index contributed by atoms with van der Waals surface area (Å²) in [6, 6.07) is 13.6. The highest BCUT2D eigenvalue weighted by Crippen LogP contribution is 2.33. The van der Waals surface area contributed by atoms with Gasteiger partial charge in [-0.25, -0.2) is 4.79 Å². The van der Waals surface area contributed by atoms with Crippen LogP contribution in [0.5, 0.6) is 17.2 Å². The molecule has 2 heterocycles. The number of rotatable bonds is 6. The third-order valence-electron chi connectivity index (χ3n) is 5.11. The smallest absolute Gasteiger partial charge is 0.342 e. The molecule has 0 fully saturated rings. The van der Waals surface area contributed by atoms with Crippen LogP contribution in [0.4, 0.5) is 0 Å². The van der Waals surface area contributed by atoms with Crippen LogP contribution in [0.3, 0.4) is 0 Å². The lowest BCUT2D eigenvalue weighted by Crippen LogP contribution is -2.15. The van der Waals surface area contributed by atoms with Crippen LogP contribution in [-0.2, 0) is 11.3 Å². The minimum Gasteiger partial charge on any atom is -0.507 e. The highest BCUT2D eigenvalue weighted by Gasteiger charge is 2.20. The van der Waals surface area contributed by atoms with Gasteiger partial charge >= 0.3 is 5.97 Å². The number of phenols is 1. The van der Waals surface area contributed by atoms with Gasteiger partial charge in [-0.1, -0.05) is 18.2 Å². The Morgan fingerprint density at radius 3 is 2.60 bits per heavy atom. The van der Waals surface area contributed by atoms with E-state index < -0.39 is 12.6 Å². The molecule has 0 aliphatic carbocycles. The molecule has 2 aromatic carbocycles. The zero-order valence-electron chi connectivity index (χ0n) is 16.7. The third kappa shape index (κ3) is 3.74. The number of aromatic nitrogens is 1. The fourth-order valence-electron chi connectivity index (χ4n) is 3.48. The van der Waals surface area contributed by atoms with Gasteiger partial charge in [-0.3, -0.25) is 4.79 Å². The summed E-state index contributed by atoms with van der Waals surface area (Å²) >= 11 is 0. The van der Waals surface area contributed by atoms with E-state index in [4.69, 9.17) is 14.2 Å². The van der Waals surface area contributed by atoms with Crippen LogP contribution in [0, 0.1) is 13.8 Å². The van der Waals surface area contributed by atoms with Crippen LogP contribution in [0.15, 0.2) is 48.5 Å². The Balaban J connectivity index is 1.47. The minimum absolute atomic E-state index is 0.0265. The van der Waals surface area contributed by atoms with E-state index in [0.717, 1.165) is 22.7 Å². The number of Topliss-reactive ketones (excluding diaryl/α,β-unsaturated/α-hetero) is 1. The number of ether oxygens (including phenoxy) is 3. The number of hydrogen-bond acceptors (Lipinski definition) is 6. The van der Waals surface area contributed by atoms with Crippen molar-refractivity contribution in [3.05, 3.63) is 76.6 Å². The minimum atomic E-state index is -0.740. The number of aryl methyl sites for hydroxylation is 1. The van der Waals surface area contributed by atoms with Crippen molar-refractivity contribution in [3.63, 3.8) is 0 Å². The molecule has 4 rings (SSSR count). The van der Waals surface area contributed by atoms with Gasteiger partial charge in [0.2, 0.25) is 12.6 Å². The first-order chi connectivity index (χ1) is 14.4. The van der Waals surface area contributed by atoms with Crippen LogP contribution in [0.2, 0.25) is 0 Å². The number of esters is 1. The summed E-state index contributed by atoms with van der Waals surface area (Å²) in [5.41, 5.74) is 3.25. The Bertz CT molecular complexity index is 1130. The second-order valence-electron chi connectivity index (χ2n) is 7.08. The number of nitrogens with zero attached hydrogens (tertiary/aromatic N) is 1. The normalized spacial score (nSPS) is 12.1. The van der Waals surface area contributed by atoms with Crippen molar-refractivity contribution in [1.82, 2.24) is 4.57 Å². The monoisotopic (exact) mass is 407 g/mol. The topological polar surface area (TPSA) is 87.0 Å². The van der Waals surface area contributed by atoms with Gasteiger partial charge in [0.15, 0.2) is 18.1 Å². The molecule has 7 heteroatoms. The lowest BCUT2D eigenvalue weighted by atomic mass is 10.1. The molecule has 1 aliphatic heterocycles. The molecule has 0 amide bonds. The number of carbonyl (C=O) groups is 2. The van der Waals surface area contributed by atoms with E-state index in [1.807, 2.05) is 36.6 Å². The predicted octanol–water partition coefficient (Wildman–Crippen LogP) is 3.63. The molecule has 3 aromatic rings. The van der Waals surface area contributed by atoms with Crippen LogP contribution in [-0.4, -0.2) is 34.8 Å². The summed E-state index contributed by atoms with van der Waals surface area (Å²) in [5, 5.41) is 9.74. The number of phenolic OH excluding ortho intramolecular Hbond substituents is 1. The van der Waals surface area contributed by atoms with Gasteiger partial charge in [-0.05, 0) is 49.7 Å².